The van der Waals surface area contributed by atoms with Crippen molar-refractivity contribution in [2.45, 2.75) is 25.4 Å². The molecule has 122 valence electrons. The predicted octanol–water partition coefficient (Wildman–Crippen LogP) is 2.43. The van der Waals surface area contributed by atoms with Crippen molar-refractivity contribution in [1.82, 2.24) is 9.47 Å². The van der Waals surface area contributed by atoms with Gasteiger partial charge in [0.1, 0.15) is 10.8 Å². The summed E-state index contributed by atoms with van der Waals surface area (Å²) in [6, 6.07) is 1.50. The third-order valence-corrected chi connectivity index (χ3v) is 4.51. The van der Waals surface area contributed by atoms with Crippen LogP contribution >= 0.6 is 23.2 Å². The predicted molar refractivity (Wildman–Crippen MR) is 82.6 cm³/mol. The van der Waals surface area contributed by atoms with Gasteiger partial charge in [-0.05, 0) is 18.9 Å². The van der Waals surface area contributed by atoms with Gasteiger partial charge in [-0.1, -0.05) is 23.2 Å². The number of hydrogen-bond acceptors (Lipinski definition) is 3. The molecular formula is C14H18Cl2N2O4. The van der Waals surface area contributed by atoms with E-state index in [2.05, 4.69) is 0 Å². The van der Waals surface area contributed by atoms with Crippen LogP contribution in [0.15, 0.2) is 6.07 Å². The zero-order valence-electron chi connectivity index (χ0n) is 12.2. The van der Waals surface area contributed by atoms with Crippen LogP contribution in [0.5, 0.6) is 0 Å². The lowest BCUT2D eigenvalue weighted by molar-refractivity contribution is -0.137. The molecule has 1 saturated heterocycles. The van der Waals surface area contributed by atoms with Gasteiger partial charge in [0.05, 0.1) is 17.5 Å². The second-order valence-corrected chi connectivity index (χ2v) is 6.02. The molecule has 0 bridgehead atoms. The average molecular weight is 349 g/mol. The smallest absolute Gasteiger partial charge is 0.305 e. The summed E-state index contributed by atoms with van der Waals surface area (Å²) < 4.78 is 7.03. The molecule has 0 spiro atoms. The molecule has 1 aliphatic heterocycles. The van der Waals surface area contributed by atoms with Crippen molar-refractivity contribution in [1.29, 1.82) is 0 Å². The minimum atomic E-state index is -0.951. The fourth-order valence-corrected chi connectivity index (χ4v) is 2.83. The zero-order chi connectivity index (χ0) is 16.3. The van der Waals surface area contributed by atoms with Crippen molar-refractivity contribution in [2.24, 2.45) is 7.05 Å². The highest BCUT2D eigenvalue weighted by Gasteiger charge is 2.26. The molecule has 1 atom stereocenters. The van der Waals surface area contributed by atoms with E-state index in [0.29, 0.717) is 23.9 Å². The molecule has 2 rings (SSSR count). The van der Waals surface area contributed by atoms with Gasteiger partial charge in [-0.3, -0.25) is 9.59 Å². The Hall–Kier alpha value is -1.24. The highest BCUT2D eigenvalue weighted by Crippen LogP contribution is 2.26. The Morgan fingerprint density at radius 1 is 1.50 bits per heavy atom. The van der Waals surface area contributed by atoms with Gasteiger partial charge < -0.3 is 19.3 Å². The maximum Gasteiger partial charge on any atom is 0.305 e. The zero-order valence-corrected chi connectivity index (χ0v) is 13.7. The van der Waals surface area contributed by atoms with E-state index in [1.165, 1.54) is 15.5 Å². The standard InChI is InChI=1S/C14H18Cl2N2O4/c1-17-11(7-10(15)13(17)16)14(21)18(5-4-12(19)20)8-9-3-2-6-22-9/h7,9H,2-6,8H2,1H3,(H,19,20). The number of amides is 1. The Balaban J connectivity index is 2.16. The molecule has 22 heavy (non-hydrogen) atoms. The summed E-state index contributed by atoms with van der Waals surface area (Å²) in [5.74, 6) is -1.25. The van der Waals surface area contributed by atoms with Gasteiger partial charge >= 0.3 is 5.97 Å². The second-order valence-electron chi connectivity index (χ2n) is 5.26. The monoisotopic (exact) mass is 348 g/mol. The molecule has 1 aromatic rings. The van der Waals surface area contributed by atoms with Crippen LogP contribution in [-0.4, -0.2) is 52.3 Å². The Bertz CT molecular complexity index is 567. The topological polar surface area (TPSA) is 71.8 Å². The maximum absolute atomic E-state index is 12.7. The molecular weight excluding hydrogens is 331 g/mol. The van der Waals surface area contributed by atoms with Gasteiger partial charge in [-0.2, -0.15) is 0 Å². The van der Waals surface area contributed by atoms with Crippen molar-refractivity contribution in [3.63, 3.8) is 0 Å². The molecule has 0 radical (unpaired) electrons. The molecule has 1 aromatic heterocycles. The Kier molecular flexibility index (Phi) is 5.72. The van der Waals surface area contributed by atoms with Crippen LogP contribution in [0.4, 0.5) is 0 Å². The molecule has 0 aliphatic carbocycles. The van der Waals surface area contributed by atoms with Gasteiger partial charge in [-0.25, -0.2) is 0 Å². The lowest BCUT2D eigenvalue weighted by Gasteiger charge is -2.25. The van der Waals surface area contributed by atoms with Gasteiger partial charge in [0.25, 0.3) is 5.91 Å². The fraction of sp³-hybridized carbons (Fsp3) is 0.571. The van der Waals surface area contributed by atoms with E-state index < -0.39 is 5.97 Å². The van der Waals surface area contributed by atoms with Crippen LogP contribution in [0.25, 0.3) is 0 Å². The quantitative estimate of drug-likeness (QED) is 0.856. The summed E-state index contributed by atoms with van der Waals surface area (Å²) in [5.41, 5.74) is 0.332. The largest absolute Gasteiger partial charge is 0.481 e. The molecule has 2 heterocycles. The Labute approximate surface area is 138 Å². The first-order chi connectivity index (χ1) is 10.4. The summed E-state index contributed by atoms with van der Waals surface area (Å²) in [6.07, 6.45) is 1.65. The molecule has 1 N–H and O–H groups in total. The van der Waals surface area contributed by atoms with Crippen LogP contribution in [0, 0.1) is 0 Å². The fourth-order valence-electron chi connectivity index (χ4n) is 2.45. The summed E-state index contributed by atoms with van der Waals surface area (Å²) in [5, 5.41) is 9.43. The summed E-state index contributed by atoms with van der Waals surface area (Å²) in [4.78, 5) is 25.0. The van der Waals surface area contributed by atoms with E-state index in [1.54, 1.807) is 7.05 Å². The van der Waals surface area contributed by atoms with E-state index in [4.69, 9.17) is 33.0 Å². The first-order valence-electron chi connectivity index (χ1n) is 7.03. The Morgan fingerprint density at radius 2 is 2.23 bits per heavy atom. The lowest BCUT2D eigenvalue weighted by Crippen LogP contribution is -2.39. The molecule has 0 saturated carbocycles. The van der Waals surface area contributed by atoms with E-state index in [9.17, 15) is 9.59 Å². The highest BCUT2D eigenvalue weighted by atomic mass is 35.5. The second kappa shape index (κ2) is 7.35. The van der Waals surface area contributed by atoms with Gasteiger partial charge in [0.15, 0.2) is 0 Å². The number of ether oxygens (including phenoxy) is 1. The summed E-state index contributed by atoms with van der Waals surface area (Å²) >= 11 is 11.9. The molecule has 8 heteroatoms. The lowest BCUT2D eigenvalue weighted by atomic mass is 10.2. The normalized spacial score (nSPS) is 17.7. The molecule has 1 unspecified atom stereocenters. The average Bonchev–Trinajstić information content (AvgIpc) is 3.07. The summed E-state index contributed by atoms with van der Waals surface area (Å²) in [6.45, 7) is 1.16. The number of aliphatic carboxylic acids is 1. The van der Waals surface area contributed by atoms with E-state index in [-0.39, 0.29) is 30.1 Å². The van der Waals surface area contributed by atoms with Crippen molar-refractivity contribution < 1.29 is 19.4 Å². The van der Waals surface area contributed by atoms with Crippen LogP contribution in [0.3, 0.4) is 0 Å². The highest BCUT2D eigenvalue weighted by molar-refractivity contribution is 6.41. The van der Waals surface area contributed by atoms with Crippen molar-refractivity contribution in [3.05, 3.63) is 21.9 Å². The van der Waals surface area contributed by atoms with Gasteiger partial charge in [0, 0.05) is 26.7 Å². The van der Waals surface area contributed by atoms with Crippen LogP contribution in [0.1, 0.15) is 29.8 Å². The number of carbonyl (C=O) groups excluding carboxylic acids is 1. The van der Waals surface area contributed by atoms with E-state index in [1.807, 2.05) is 0 Å². The number of halogens is 2. The minimum Gasteiger partial charge on any atom is -0.481 e. The van der Waals surface area contributed by atoms with Crippen LogP contribution in [0.2, 0.25) is 10.2 Å². The molecule has 1 amide bonds. The van der Waals surface area contributed by atoms with E-state index in [0.717, 1.165) is 12.8 Å². The maximum atomic E-state index is 12.7. The van der Waals surface area contributed by atoms with Crippen molar-refractivity contribution in [3.8, 4) is 0 Å². The van der Waals surface area contributed by atoms with Gasteiger partial charge in [-0.15, -0.1) is 0 Å². The van der Waals surface area contributed by atoms with Crippen LogP contribution in [-0.2, 0) is 16.6 Å². The Morgan fingerprint density at radius 3 is 2.73 bits per heavy atom. The number of carbonyl (C=O) groups is 2. The molecule has 0 aromatic carbocycles. The number of rotatable bonds is 6. The third-order valence-electron chi connectivity index (χ3n) is 3.67. The number of hydrogen-bond donors (Lipinski definition) is 1. The first kappa shape index (κ1) is 17.1. The summed E-state index contributed by atoms with van der Waals surface area (Å²) in [7, 11) is 1.64. The van der Waals surface area contributed by atoms with Gasteiger partial charge in [0.2, 0.25) is 0 Å². The first-order valence-corrected chi connectivity index (χ1v) is 7.79. The molecule has 1 fully saturated rings. The molecule has 6 nitrogen and oxygen atoms in total. The van der Waals surface area contributed by atoms with Crippen LogP contribution < -0.4 is 0 Å². The molecule has 1 aliphatic rings. The number of carboxylic acid groups (broad SMARTS) is 1. The SMILES string of the molecule is Cn1c(C(=O)N(CCC(=O)O)CC2CCCO2)cc(Cl)c1Cl. The van der Waals surface area contributed by atoms with Crippen molar-refractivity contribution in [2.75, 3.05) is 19.7 Å². The van der Waals surface area contributed by atoms with E-state index >= 15 is 0 Å². The number of aromatic nitrogens is 1. The minimum absolute atomic E-state index is 0.0519. The number of nitrogens with zero attached hydrogens (tertiary/aromatic N) is 2. The van der Waals surface area contributed by atoms with Crippen molar-refractivity contribution >= 4 is 35.1 Å². The number of carboxylic acids is 1. The third kappa shape index (κ3) is 3.94.